The van der Waals surface area contributed by atoms with Gasteiger partial charge in [0.25, 0.3) is 11.5 Å². The van der Waals surface area contributed by atoms with Crippen LogP contribution in [0.15, 0.2) is 64.2 Å². The van der Waals surface area contributed by atoms with Gasteiger partial charge in [0.05, 0.1) is 12.5 Å². The van der Waals surface area contributed by atoms with Crippen LogP contribution in [0.3, 0.4) is 0 Å². The first-order valence-electron chi connectivity index (χ1n) is 7.69. The van der Waals surface area contributed by atoms with Crippen molar-refractivity contribution >= 4 is 17.6 Å². The van der Waals surface area contributed by atoms with Crippen molar-refractivity contribution in [3.8, 4) is 0 Å². The van der Waals surface area contributed by atoms with Crippen molar-refractivity contribution in [2.45, 2.75) is 13.0 Å². The van der Waals surface area contributed by atoms with E-state index in [2.05, 4.69) is 10.3 Å². The van der Waals surface area contributed by atoms with Gasteiger partial charge >= 0.3 is 5.97 Å². The second-order valence-corrected chi connectivity index (χ2v) is 5.53. The highest BCUT2D eigenvalue weighted by molar-refractivity contribution is 6.04. The molecule has 0 bridgehead atoms. The van der Waals surface area contributed by atoms with Crippen molar-refractivity contribution < 1.29 is 19.1 Å². The van der Waals surface area contributed by atoms with Crippen LogP contribution < -0.4 is 10.9 Å². The van der Waals surface area contributed by atoms with Crippen LogP contribution in [0.5, 0.6) is 0 Å². The third-order valence-electron chi connectivity index (χ3n) is 3.69. The number of hydrogen-bond acceptors (Lipinski definition) is 5. The number of benzene rings is 1. The van der Waals surface area contributed by atoms with E-state index in [0.717, 1.165) is 10.9 Å². The highest BCUT2D eigenvalue weighted by Gasteiger charge is 2.27. The Bertz CT molecular complexity index is 1010. The van der Waals surface area contributed by atoms with Crippen LogP contribution in [0, 0.1) is 6.92 Å². The molecule has 1 amide bonds. The van der Waals surface area contributed by atoms with Gasteiger partial charge in [-0.3, -0.25) is 14.2 Å². The maximum atomic E-state index is 12.7. The lowest BCUT2D eigenvalue weighted by Crippen LogP contribution is -2.33. The van der Waals surface area contributed by atoms with Crippen LogP contribution in [0.25, 0.3) is 0 Å². The van der Waals surface area contributed by atoms with Crippen molar-refractivity contribution in [3.05, 3.63) is 82.4 Å². The van der Waals surface area contributed by atoms with E-state index in [1.165, 1.54) is 12.3 Å². The molecule has 2 heterocycles. The number of carbonyl (C=O) groups is 2. The molecule has 3 rings (SSSR count). The molecule has 1 aromatic carbocycles. The number of furan rings is 1. The molecule has 0 fully saturated rings. The van der Waals surface area contributed by atoms with E-state index in [4.69, 9.17) is 4.42 Å². The minimum Gasteiger partial charge on any atom is -0.479 e. The topological polar surface area (TPSA) is 114 Å². The number of carboxylic acid groups (broad SMARTS) is 1. The van der Waals surface area contributed by atoms with Gasteiger partial charge in [-0.2, -0.15) is 0 Å². The summed E-state index contributed by atoms with van der Waals surface area (Å²) in [6.07, 6.45) is 2.27. The van der Waals surface area contributed by atoms with Crippen LogP contribution in [0.4, 0.5) is 5.69 Å². The highest BCUT2D eigenvalue weighted by atomic mass is 16.4. The summed E-state index contributed by atoms with van der Waals surface area (Å²) in [7, 11) is 0. The minimum atomic E-state index is -1.39. The summed E-state index contributed by atoms with van der Waals surface area (Å²) in [5.41, 5.74) is -0.472. The van der Waals surface area contributed by atoms with E-state index in [1.807, 2.05) is 0 Å². The zero-order valence-corrected chi connectivity index (χ0v) is 13.7. The summed E-state index contributed by atoms with van der Waals surface area (Å²) in [5.74, 6) is -1.18. The molecule has 8 heteroatoms. The van der Waals surface area contributed by atoms with Gasteiger partial charge in [-0.05, 0) is 31.2 Å². The predicted molar refractivity (Wildman–Crippen MR) is 92.1 cm³/mol. The van der Waals surface area contributed by atoms with Gasteiger partial charge in [0.1, 0.15) is 17.2 Å². The maximum Gasteiger partial charge on any atom is 0.334 e. The van der Waals surface area contributed by atoms with E-state index < -0.39 is 23.5 Å². The molecule has 0 radical (unpaired) electrons. The Morgan fingerprint density at radius 3 is 2.54 bits per heavy atom. The van der Waals surface area contributed by atoms with Crippen molar-refractivity contribution in [1.82, 2.24) is 9.55 Å². The van der Waals surface area contributed by atoms with Crippen LogP contribution in [0.2, 0.25) is 0 Å². The largest absolute Gasteiger partial charge is 0.479 e. The molecule has 1 unspecified atom stereocenters. The molecule has 0 saturated carbocycles. The molecule has 132 valence electrons. The Balaban J connectivity index is 1.97. The summed E-state index contributed by atoms with van der Waals surface area (Å²) in [6, 6.07) is 10.0. The lowest BCUT2D eigenvalue weighted by Gasteiger charge is -2.14. The van der Waals surface area contributed by atoms with E-state index >= 15 is 0 Å². The molecule has 1 atom stereocenters. The van der Waals surface area contributed by atoms with Gasteiger partial charge in [0.15, 0.2) is 6.04 Å². The summed E-state index contributed by atoms with van der Waals surface area (Å²) in [4.78, 5) is 40.5. The molecular weight excluding hydrogens is 338 g/mol. The number of amides is 1. The van der Waals surface area contributed by atoms with E-state index in [0.29, 0.717) is 11.3 Å². The van der Waals surface area contributed by atoms with E-state index in [-0.39, 0.29) is 11.4 Å². The summed E-state index contributed by atoms with van der Waals surface area (Å²) in [5, 5.41) is 12.0. The summed E-state index contributed by atoms with van der Waals surface area (Å²) < 4.78 is 6.25. The molecule has 0 aliphatic heterocycles. The fraction of sp³-hybridized carbons (Fsp3) is 0.111. The predicted octanol–water partition coefficient (Wildman–Crippen LogP) is 2.07. The van der Waals surface area contributed by atoms with Gasteiger partial charge < -0.3 is 14.8 Å². The Kier molecular flexibility index (Phi) is 4.66. The molecule has 0 saturated heterocycles. The number of carboxylic acids is 1. The molecule has 8 nitrogen and oxygen atoms in total. The maximum absolute atomic E-state index is 12.7. The van der Waals surface area contributed by atoms with Gasteiger partial charge in [0.2, 0.25) is 0 Å². The van der Waals surface area contributed by atoms with Crippen LogP contribution in [-0.2, 0) is 4.79 Å². The Hall–Kier alpha value is -3.68. The number of carbonyl (C=O) groups excluding carboxylic acids is 1. The second-order valence-electron chi connectivity index (χ2n) is 5.53. The number of anilines is 1. The second kappa shape index (κ2) is 7.06. The molecule has 0 spiro atoms. The number of nitrogens with zero attached hydrogens (tertiary/aromatic N) is 2. The highest BCUT2D eigenvalue weighted by Crippen LogP contribution is 2.20. The smallest absolute Gasteiger partial charge is 0.334 e. The quantitative estimate of drug-likeness (QED) is 0.726. The Morgan fingerprint density at radius 2 is 1.92 bits per heavy atom. The zero-order chi connectivity index (χ0) is 18.7. The Labute approximate surface area is 147 Å². The summed E-state index contributed by atoms with van der Waals surface area (Å²) in [6.45, 7) is 1.67. The van der Waals surface area contributed by atoms with E-state index in [9.17, 15) is 19.5 Å². The molecule has 26 heavy (non-hydrogen) atoms. The Morgan fingerprint density at radius 1 is 1.19 bits per heavy atom. The molecule has 0 aliphatic carbocycles. The number of aryl methyl sites for hydroxylation is 1. The van der Waals surface area contributed by atoms with Crippen LogP contribution in [-0.4, -0.2) is 26.5 Å². The number of hydrogen-bond donors (Lipinski definition) is 2. The SMILES string of the molecule is Cc1ccc(C(C(=O)O)n2cncc(NC(=O)c3ccccc3)c2=O)o1. The standard InChI is InChI=1S/C18H15N3O5/c1-11-7-8-14(26-11)15(18(24)25)21-10-19-9-13(17(21)23)20-16(22)12-5-3-2-4-6-12/h2-10,15H,1H3,(H,20,22)(H,24,25). The molecule has 2 aromatic heterocycles. The van der Waals surface area contributed by atoms with Crippen molar-refractivity contribution in [2.75, 3.05) is 5.32 Å². The number of nitrogens with one attached hydrogen (secondary N) is 1. The zero-order valence-electron chi connectivity index (χ0n) is 13.7. The third kappa shape index (κ3) is 3.39. The van der Waals surface area contributed by atoms with E-state index in [1.54, 1.807) is 43.3 Å². The van der Waals surface area contributed by atoms with Gasteiger partial charge in [-0.15, -0.1) is 0 Å². The lowest BCUT2D eigenvalue weighted by atomic mass is 10.2. The molecular formula is C18H15N3O5. The minimum absolute atomic E-state index is 0.0884. The van der Waals surface area contributed by atoms with Crippen LogP contribution >= 0.6 is 0 Å². The fourth-order valence-corrected chi connectivity index (χ4v) is 2.46. The van der Waals surface area contributed by atoms with Crippen molar-refractivity contribution in [3.63, 3.8) is 0 Å². The van der Waals surface area contributed by atoms with Gasteiger partial charge in [-0.1, -0.05) is 18.2 Å². The number of aromatic nitrogens is 2. The molecule has 3 aromatic rings. The lowest BCUT2D eigenvalue weighted by molar-refractivity contribution is -0.140. The average molecular weight is 353 g/mol. The van der Waals surface area contributed by atoms with Gasteiger partial charge in [-0.25, -0.2) is 9.78 Å². The normalized spacial score (nSPS) is 11.7. The third-order valence-corrected chi connectivity index (χ3v) is 3.69. The van der Waals surface area contributed by atoms with Crippen LogP contribution in [0.1, 0.15) is 27.9 Å². The molecule has 2 N–H and O–H groups in total. The first kappa shape index (κ1) is 17.2. The van der Waals surface area contributed by atoms with Crippen molar-refractivity contribution in [1.29, 1.82) is 0 Å². The van der Waals surface area contributed by atoms with Crippen molar-refractivity contribution in [2.24, 2.45) is 0 Å². The first-order chi connectivity index (χ1) is 12.5. The number of aliphatic carboxylic acids is 1. The van der Waals surface area contributed by atoms with Gasteiger partial charge in [0, 0.05) is 5.56 Å². The average Bonchev–Trinajstić information content (AvgIpc) is 3.04. The first-order valence-corrected chi connectivity index (χ1v) is 7.69. The number of rotatable bonds is 5. The molecule has 0 aliphatic rings. The monoisotopic (exact) mass is 353 g/mol. The summed E-state index contributed by atoms with van der Waals surface area (Å²) >= 11 is 0. The fourth-order valence-electron chi connectivity index (χ4n) is 2.46.